The highest BCUT2D eigenvalue weighted by molar-refractivity contribution is 7.77. The Morgan fingerprint density at radius 1 is 0.581 bits per heavy atom. The summed E-state index contributed by atoms with van der Waals surface area (Å²) in [5.41, 5.74) is 0.603. The summed E-state index contributed by atoms with van der Waals surface area (Å²) in [5.74, 6) is 0. The van der Waals surface area contributed by atoms with Crippen molar-refractivity contribution in [1.82, 2.24) is 0 Å². The molecule has 31 heavy (non-hydrogen) atoms. The first kappa shape index (κ1) is 19.3. The highest BCUT2D eigenvalue weighted by Crippen LogP contribution is 2.47. The third-order valence-corrected chi connectivity index (χ3v) is 8.91. The van der Waals surface area contributed by atoms with Crippen molar-refractivity contribution in [2.24, 2.45) is 0 Å². The second-order valence-electron chi connectivity index (χ2n) is 7.46. The highest BCUT2D eigenvalue weighted by Gasteiger charge is 2.23. The number of hydrogen-bond acceptors (Lipinski definition) is 2. The minimum absolute atomic E-state index is 0.603. The predicted octanol–water partition coefficient (Wildman–Crippen LogP) is 5.97. The molecular weight excluding hydrogens is 397 g/mol. The Balaban J connectivity index is 2.25. The Kier molecular flexibility index (Phi) is 4.92. The zero-order chi connectivity index (χ0) is 21.3. The molecule has 0 spiro atoms. The second kappa shape index (κ2) is 7.89. The van der Waals surface area contributed by atoms with E-state index in [1.54, 1.807) is 0 Å². The van der Waals surface area contributed by atoms with Crippen LogP contribution in [0.2, 0.25) is 0 Å². The molecule has 3 heteroatoms. The average molecular weight is 417 g/mol. The molecule has 0 fully saturated rings. The molecule has 0 aliphatic heterocycles. The number of rotatable bonds is 2. The Morgan fingerprint density at radius 3 is 1.65 bits per heavy atom. The molecule has 0 atom stereocenters. The largest absolute Gasteiger partial charge is 0.366 e. The van der Waals surface area contributed by atoms with Crippen LogP contribution in [0, 0.1) is 16.3 Å². The van der Waals surface area contributed by atoms with Crippen molar-refractivity contribution in [2.75, 3.05) is 0 Å². The minimum Gasteiger partial charge on any atom is -0.366 e. The maximum absolute atomic E-state index is 12.7. The van der Waals surface area contributed by atoms with Gasteiger partial charge in [-0.1, -0.05) is 109 Å². The molecule has 5 rings (SSSR count). The monoisotopic (exact) mass is 417 g/mol. The van der Waals surface area contributed by atoms with Gasteiger partial charge in [0.2, 0.25) is 0 Å². The quantitative estimate of drug-likeness (QED) is 0.360. The fourth-order valence-electron chi connectivity index (χ4n) is 4.28. The van der Waals surface area contributed by atoms with Crippen LogP contribution in [0.15, 0.2) is 115 Å². The first-order valence-electron chi connectivity index (χ1n) is 10.1. The first-order chi connectivity index (χ1) is 15.2. The van der Waals surface area contributed by atoms with Gasteiger partial charge in [0, 0.05) is 20.9 Å². The Hall–Kier alpha value is -3.63. The summed E-state index contributed by atoms with van der Waals surface area (Å²) in [6.45, 7) is 0. The van der Waals surface area contributed by atoms with Crippen molar-refractivity contribution in [3.63, 3.8) is 0 Å². The molecule has 0 saturated carbocycles. The molecule has 1 N–H and O–H groups in total. The van der Waals surface area contributed by atoms with E-state index in [2.05, 4.69) is 12.1 Å². The standard InChI is InChI=1S/C28H20NOP/c29-20-22-19-21-11-7-8-17-26(21)28(27-18-10-9-16-25(22)27)31(30,23-12-3-1-4-13-23)24-14-5-2-6-15-24/h1-19,30H. The molecule has 0 saturated heterocycles. The molecule has 0 aromatic heterocycles. The van der Waals surface area contributed by atoms with Crippen LogP contribution in [0.1, 0.15) is 5.56 Å². The van der Waals surface area contributed by atoms with E-state index in [9.17, 15) is 10.2 Å². The maximum atomic E-state index is 12.7. The van der Waals surface area contributed by atoms with Crippen molar-refractivity contribution < 1.29 is 4.89 Å². The Labute approximate surface area is 181 Å². The van der Waals surface area contributed by atoms with E-state index in [4.69, 9.17) is 0 Å². The van der Waals surface area contributed by atoms with Crippen molar-refractivity contribution >= 4 is 39.3 Å². The summed E-state index contributed by atoms with van der Waals surface area (Å²) in [7, 11) is -3.00. The molecular formula is C28H20NOP. The lowest BCUT2D eigenvalue weighted by Gasteiger charge is -2.22. The van der Waals surface area contributed by atoms with Crippen LogP contribution >= 0.6 is 7.11 Å². The van der Waals surface area contributed by atoms with E-state index in [0.29, 0.717) is 5.56 Å². The van der Waals surface area contributed by atoms with Crippen LogP contribution < -0.4 is 10.6 Å². The van der Waals surface area contributed by atoms with Crippen molar-refractivity contribution in [3.8, 4) is 6.07 Å². The topological polar surface area (TPSA) is 44.0 Å². The summed E-state index contributed by atoms with van der Waals surface area (Å²) in [6.07, 6.45) is 0. The average Bonchev–Trinajstić information content (AvgIpc) is 2.99. The lowest BCUT2D eigenvalue weighted by molar-refractivity contribution is 0.637. The highest BCUT2D eigenvalue weighted by atomic mass is 31.2. The van der Waals surface area contributed by atoms with Gasteiger partial charge >= 0.3 is 0 Å². The third kappa shape index (κ3) is 3.16. The van der Waals surface area contributed by atoms with E-state index in [1.807, 2.05) is 109 Å². The van der Waals surface area contributed by atoms with Crippen LogP contribution in [0.5, 0.6) is 0 Å². The van der Waals surface area contributed by atoms with Crippen molar-refractivity contribution in [3.05, 3.63) is 126 Å². The molecule has 5 aromatic rings. The molecule has 0 unspecified atom stereocenters. The molecule has 148 valence electrons. The lowest BCUT2D eigenvalue weighted by Crippen LogP contribution is -2.16. The van der Waals surface area contributed by atoms with Gasteiger partial charge in [0.15, 0.2) is 0 Å². The van der Waals surface area contributed by atoms with Gasteiger partial charge in [-0.3, -0.25) is 0 Å². The Bertz CT molecular complexity index is 1510. The molecule has 0 aliphatic carbocycles. The molecule has 0 aliphatic rings. The fourth-order valence-corrected chi connectivity index (χ4v) is 7.39. The smallest absolute Gasteiger partial charge is 0.0998 e. The van der Waals surface area contributed by atoms with E-state index in [0.717, 1.165) is 37.1 Å². The normalized spacial score (nSPS) is 11.4. The zero-order valence-electron chi connectivity index (χ0n) is 16.8. The van der Waals surface area contributed by atoms with Crippen LogP contribution in [-0.4, -0.2) is 4.89 Å². The minimum atomic E-state index is -3.00. The van der Waals surface area contributed by atoms with Gasteiger partial charge in [0.1, 0.15) is 0 Å². The van der Waals surface area contributed by atoms with Gasteiger partial charge in [-0.25, -0.2) is 0 Å². The van der Waals surface area contributed by atoms with Crippen LogP contribution in [0.25, 0.3) is 21.5 Å². The number of benzene rings is 4. The van der Waals surface area contributed by atoms with Crippen LogP contribution in [0.4, 0.5) is 0 Å². The predicted molar refractivity (Wildman–Crippen MR) is 131 cm³/mol. The van der Waals surface area contributed by atoms with Gasteiger partial charge < -0.3 is 4.89 Å². The summed E-state index contributed by atoms with van der Waals surface area (Å²) in [5, 5.41) is 15.4. The summed E-state index contributed by atoms with van der Waals surface area (Å²) in [6, 6.07) is 40.1. The SMILES string of the molecule is N#Cc1cc2ccccc2c(=P(O)(c2ccccc2)c2ccccc2)c2ccccc12. The number of nitriles is 1. The molecule has 0 radical (unpaired) electrons. The van der Waals surface area contributed by atoms with Gasteiger partial charge in [-0.2, -0.15) is 5.26 Å². The number of fused-ring (bicyclic) bond motifs is 2. The van der Waals surface area contributed by atoms with Crippen molar-refractivity contribution in [1.29, 1.82) is 5.26 Å². The second-order valence-corrected chi connectivity index (χ2v) is 10.2. The summed E-state index contributed by atoms with van der Waals surface area (Å²) in [4.78, 5) is 13.6. The maximum Gasteiger partial charge on any atom is 0.0998 e. The fraction of sp³-hybridized carbons (Fsp3) is 0. The molecule has 0 amide bonds. The first-order valence-corrected chi connectivity index (χ1v) is 11.9. The molecule has 0 heterocycles. The van der Waals surface area contributed by atoms with Gasteiger partial charge in [-0.15, -0.1) is 0 Å². The van der Waals surface area contributed by atoms with Gasteiger partial charge in [0.25, 0.3) is 0 Å². The molecule has 2 nitrogen and oxygen atoms in total. The summed E-state index contributed by atoms with van der Waals surface area (Å²) < 4.78 is 0. The van der Waals surface area contributed by atoms with Gasteiger partial charge in [0.05, 0.1) is 18.7 Å². The number of hydrogen-bond donors (Lipinski definition) is 1. The van der Waals surface area contributed by atoms with E-state index >= 15 is 0 Å². The number of nitrogens with zero attached hydrogens (tertiary/aromatic N) is 1. The molecule has 0 bridgehead atoms. The van der Waals surface area contributed by atoms with E-state index in [-0.39, 0.29) is 0 Å². The van der Waals surface area contributed by atoms with E-state index < -0.39 is 7.11 Å². The van der Waals surface area contributed by atoms with E-state index in [1.165, 1.54) is 0 Å². The Morgan fingerprint density at radius 2 is 1.06 bits per heavy atom. The van der Waals surface area contributed by atoms with Gasteiger partial charge in [-0.05, 0) is 22.2 Å². The van der Waals surface area contributed by atoms with Crippen LogP contribution in [-0.2, 0) is 0 Å². The molecule has 5 aromatic carbocycles. The lowest BCUT2D eigenvalue weighted by atomic mass is 10.1. The zero-order valence-corrected chi connectivity index (χ0v) is 17.7. The third-order valence-electron chi connectivity index (χ3n) is 5.69. The van der Waals surface area contributed by atoms with Crippen LogP contribution in [0.3, 0.4) is 0 Å². The van der Waals surface area contributed by atoms with Crippen molar-refractivity contribution in [2.45, 2.75) is 0 Å². The summed E-state index contributed by atoms with van der Waals surface area (Å²) >= 11 is 0.